The van der Waals surface area contributed by atoms with Crippen LogP contribution in [0.25, 0.3) is 0 Å². The lowest BCUT2D eigenvalue weighted by Gasteiger charge is -2.27. The quantitative estimate of drug-likeness (QED) is 0.623. The van der Waals surface area contributed by atoms with Crippen LogP contribution in [0.2, 0.25) is 5.02 Å². The van der Waals surface area contributed by atoms with Crippen LogP contribution in [-0.2, 0) is 10.3 Å². The van der Waals surface area contributed by atoms with E-state index >= 15 is 0 Å². The topological polar surface area (TPSA) is 38.7 Å². The van der Waals surface area contributed by atoms with Gasteiger partial charge in [0.2, 0.25) is 6.08 Å². The van der Waals surface area contributed by atoms with Crippen LogP contribution < -0.4 is 4.74 Å². The minimum absolute atomic E-state index is 0.202. The summed E-state index contributed by atoms with van der Waals surface area (Å²) in [6, 6.07) is 1.23. The summed E-state index contributed by atoms with van der Waals surface area (Å²) in [5, 5.41) is 0.202. The highest BCUT2D eigenvalue weighted by atomic mass is 35.5. The molecule has 0 aromatic heterocycles. The van der Waals surface area contributed by atoms with Crippen molar-refractivity contribution >= 4 is 17.7 Å². The number of isocyanates is 1. The fraction of sp³-hybridized carbons (Fsp3) is 0.500. The Morgan fingerprint density at radius 1 is 1.47 bits per heavy atom. The molecule has 0 spiro atoms. The van der Waals surface area contributed by atoms with Crippen molar-refractivity contribution in [3.63, 3.8) is 0 Å². The molecule has 1 aliphatic rings. The van der Waals surface area contributed by atoms with Gasteiger partial charge in [0.15, 0.2) is 0 Å². The zero-order valence-electron chi connectivity index (χ0n) is 10.9. The van der Waals surface area contributed by atoms with Crippen LogP contribution in [0.4, 0.5) is 4.39 Å². The number of hydrogen-bond acceptors (Lipinski definition) is 3. The number of methoxy groups -OCH3 is 1. The molecule has 1 fully saturated rings. The number of nitrogens with zero attached hydrogens (tertiary/aromatic N) is 1. The highest BCUT2D eigenvalue weighted by Gasteiger charge is 2.40. The average Bonchev–Trinajstić information content (AvgIpc) is 2.83. The summed E-state index contributed by atoms with van der Waals surface area (Å²) < 4.78 is 19.2. The molecule has 0 radical (unpaired) electrons. The second-order valence-electron chi connectivity index (χ2n) is 4.82. The molecule has 102 valence electrons. The Morgan fingerprint density at radius 3 is 2.63 bits per heavy atom. The van der Waals surface area contributed by atoms with Gasteiger partial charge in [-0.1, -0.05) is 24.4 Å². The van der Waals surface area contributed by atoms with E-state index in [1.807, 2.05) is 0 Å². The summed E-state index contributed by atoms with van der Waals surface area (Å²) in [5.74, 6) is -0.00496. The third-order valence-electron chi connectivity index (χ3n) is 3.79. The standard InChI is InChI=1S/C14H15ClFNO2/c1-9-11(16)7-10(15)13(19-2)12(9)14(17-8-18)5-3-4-6-14/h7H,3-6H2,1-2H3. The van der Waals surface area contributed by atoms with Gasteiger partial charge in [0.25, 0.3) is 0 Å². The lowest BCUT2D eigenvalue weighted by Crippen LogP contribution is -2.22. The van der Waals surface area contributed by atoms with E-state index in [0.29, 0.717) is 29.7 Å². The second kappa shape index (κ2) is 5.32. The van der Waals surface area contributed by atoms with Gasteiger partial charge in [-0.05, 0) is 31.4 Å². The van der Waals surface area contributed by atoms with Gasteiger partial charge < -0.3 is 4.74 Å². The van der Waals surface area contributed by atoms with Crippen molar-refractivity contribution in [3.05, 3.63) is 28.0 Å². The summed E-state index contributed by atoms with van der Waals surface area (Å²) in [4.78, 5) is 14.7. The molecule has 1 aromatic rings. The molecule has 0 aliphatic heterocycles. The molecule has 5 heteroatoms. The Hall–Kier alpha value is -1.38. The third-order valence-corrected chi connectivity index (χ3v) is 4.07. The normalized spacial score (nSPS) is 17.1. The van der Waals surface area contributed by atoms with Crippen molar-refractivity contribution in [2.75, 3.05) is 7.11 Å². The Kier molecular flexibility index (Phi) is 3.93. The van der Waals surface area contributed by atoms with Crippen LogP contribution in [0.5, 0.6) is 5.75 Å². The van der Waals surface area contributed by atoms with Gasteiger partial charge in [0.1, 0.15) is 17.1 Å². The van der Waals surface area contributed by atoms with E-state index in [2.05, 4.69) is 4.99 Å². The summed E-state index contributed by atoms with van der Waals surface area (Å²) in [6.07, 6.45) is 4.84. The summed E-state index contributed by atoms with van der Waals surface area (Å²) in [7, 11) is 1.48. The SMILES string of the molecule is COc1c(Cl)cc(F)c(C)c1C1(N=C=O)CCCC1. The lowest BCUT2D eigenvalue weighted by molar-refractivity contribution is 0.375. The summed E-state index contributed by atoms with van der Waals surface area (Å²) in [5.41, 5.74) is 0.270. The largest absolute Gasteiger partial charge is 0.495 e. The third kappa shape index (κ3) is 2.26. The Morgan fingerprint density at radius 2 is 2.11 bits per heavy atom. The van der Waals surface area contributed by atoms with Gasteiger partial charge in [-0.3, -0.25) is 0 Å². The van der Waals surface area contributed by atoms with Crippen LogP contribution >= 0.6 is 11.6 Å². The molecule has 0 N–H and O–H groups in total. The molecule has 0 atom stereocenters. The monoisotopic (exact) mass is 283 g/mol. The predicted molar refractivity (Wildman–Crippen MR) is 71.0 cm³/mol. The molecule has 0 bridgehead atoms. The summed E-state index contributed by atoms with van der Waals surface area (Å²) in [6.45, 7) is 1.66. The van der Waals surface area contributed by atoms with Crippen molar-refractivity contribution < 1.29 is 13.9 Å². The van der Waals surface area contributed by atoms with E-state index in [4.69, 9.17) is 16.3 Å². The van der Waals surface area contributed by atoms with Gasteiger partial charge in [-0.25, -0.2) is 9.18 Å². The molecule has 2 rings (SSSR count). The zero-order chi connectivity index (χ0) is 14.0. The first-order chi connectivity index (χ1) is 9.05. The maximum atomic E-state index is 13.9. The van der Waals surface area contributed by atoms with Crippen LogP contribution in [0.1, 0.15) is 36.8 Å². The zero-order valence-corrected chi connectivity index (χ0v) is 11.7. The van der Waals surface area contributed by atoms with E-state index in [1.54, 1.807) is 13.0 Å². The molecule has 0 heterocycles. The Balaban J connectivity index is 2.75. The molecule has 1 aromatic carbocycles. The van der Waals surface area contributed by atoms with Crippen LogP contribution in [0, 0.1) is 12.7 Å². The maximum absolute atomic E-state index is 13.9. The van der Waals surface area contributed by atoms with Crippen molar-refractivity contribution in [2.24, 2.45) is 4.99 Å². The lowest BCUT2D eigenvalue weighted by atomic mass is 9.85. The van der Waals surface area contributed by atoms with Gasteiger partial charge in [0.05, 0.1) is 12.1 Å². The number of halogens is 2. The van der Waals surface area contributed by atoms with E-state index in [1.165, 1.54) is 13.2 Å². The molecule has 1 aliphatic carbocycles. The van der Waals surface area contributed by atoms with Crippen molar-refractivity contribution in [1.29, 1.82) is 0 Å². The number of benzene rings is 1. The van der Waals surface area contributed by atoms with Gasteiger partial charge >= 0.3 is 0 Å². The summed E-state index contributed by atoms with van der Waals surface area (Å²) >= 11 is 6.04. The first kappa shape index (κ1) is 14.0. The number of carbonyl (C=O) groups excluding carboxylic acids is 1. The Bertz CT molecular complexity index is 547. The van der Waals surface area contributed by atoms with E-state index in [0.717, 1.165) is 12.8 Å². The maximum Gasteiger partial charge on any atom is 0.235 e. The van der Waals surface area contributed by atoms with Crippen LogP contribution in [-0.4, -0.2) is 13.2 Å². The highest BCUT2D eigenvalue weighted by molar-refractivity contribution is 6.32. The fourth-order valence-corrected chi connectivity index (χ4v) is 3.19. The van der Waals surface area contributed by atoms with E-state index < -0.39 is 11.4 Å². The van der Waals surface area contributed by atoms with Gasteiger partial charge in [0, 0.05) is 5.56 Å². The minimum atomic E-state index is -0.747. The fourth-order valence-electron chi connectivity index (χ4n) is 2.92. The molecule has 0 amide bonds. The van der Waals surface area contributed by atoms with Crippen LogP contribution in [0.3, 0.4) is 0 Å². The Labute approximate surface area is 116 Å². The van der Waals surface area contributed by atoms with E-state index in [-0.39, 0.29) is 5.02 Å². The minimum Gasteiger partial charge on any atom is -0.495 e. The van der Waals surface area contributed by atoms with Gasteiger partial charge in [-0.15, -0.1) is 0 Å². The van der Waals surface area contributed by atoms with Gasteiger partial charge in [-0.2, -0.15) is 4.99 Å². The first-order valence-corrected chi connectivity index (χ1v) is 6.55. The second-order valence-corrected chi connectivity index (χ2v) is 5.22. The van der Waals surface area contributed by atoms with Crippen molar-refractivity contribution in [3.8, 4) is 5.75 Å². The van der Waals surface area contributed by atoms with Crippen LogP contribution in [0.15, 0.2) is 11.1 Å². The van der Waals surface area contributed by atoms with Crippen molar-refractivity contribution in [2.45, 2.75) is 38.1 Å². The molecule has 0 saturated heterocycles. The molecular weight excluding hydrogens is 269 g/mol. The number of hydrogen-bond donors (Lipinski definition) is 0. The van der Waals surface area contributed by atoms with E-state index in [9.17, 15) is 9.18 Å². The number of aliphatic imine (C=N–C) groups is 1. The smallest absolute Gasteiger partial charge is 0.235 e. The molecule has 1 saturated carbocycles. The first-order valence-electron chi connectivity index (χ1n) is 6.18. The van der Waals surface area contributed by atoms with Crippen molar-refractivity contribution in [1.82, 2.24) is 0 Å². The molecule has 0 unspecified atom stereocenters. The molecular formula is C14H15ClFNO2. The number of rotatable bonds is 3. The predicted octanol–water partition coefficient (Wildman–Crippen LogP) is 3.90. The molecule has 19 heavy (non-hydrogen) atoms. The highest BCUT2D eigenvalue weighted by Crippen LogP contribution is 2.49. The number of ether oxygens (including phenoxy) is 1. The average molecular weight is 284 g/mol. The molecule has 3 nitrogen and oxygen atoms in total.